The van der Waals surface area contributed by atoms with Crippen molar-refractivity contribution < 1.29 is 9.59 Å². The van der Waals surface area contributed by atoms with Gasteiger partial charge >= 0.3 is 0 Å². The lowest BCUT2D eigenvalue weighted by Crippen LogP contribution is -2.45. The first-order valence-electron chi connectivity index (χ1n) is 13.3. The molecule has 1 saturated carbocycles. The molecule has 1 aliphatic carbocycles. The second-order valence-electron chi connectivity index (χ2n) is 12.3. The van der Waals surface area contributed by atoms with Gasteiger partial charge in [0.2, 0.25) is 0 Å². The normalized spacial score (nSPS) is 28.9. The third-order valence-corrected chi connectivity index (χ3v) is 8.93. The van der Waals surface area contributed by atoms with Crippen LogP contribution in [0.3, 0.4) is 0 Å². The van der Waals surface area contributed by atoms with E-state index >= 15 is 0 Å². The Balaban J connectivity index is 0.997. The molecule has 2 amide bonds. The molecule has 0 radical (unpaired) electrons. The number of anilines is 1. The summed E-state index contributed by atoms with van der Waals surface area (Å²) in [4.78, 5) is 37.3. The average molecular weight is 488 g/mol. The molecule has 4 atom stereocenters. The molecule has 190 valence electrons. The summed E-state index contributed by atoms with van der Waals surface area (Å²) in [6.45, 7) is 10.8. The van der Waals surface area contributed by atoms with E-state index < -0.39 is 0 Å². The van der Waals surface area contributed by atoms with Crippen LogP contribution in [0, 0.1) is 17.8 Å². The van der Waals surface area contributed by atoms with E-state index in [2.05, 4.69) is 55.1 Å². The van der Waals surface area contributed by atoms with Crippen molar-refractivity contribution >= 4 is 17.6 Å². The minimum atomic E-state index is -0.102. The third-order valence-electron chi connectivity index (χ3n) is 8.93. The van der Waals surface area contributed by atoms with E-state index in [1.807, 2.05) is 29.2 Å². The number of nitrogens with one attached hydrogen (secondary N) is 1. The topological polar surface area (TPSA) is 68.8 Å². The molecule has 1 aromatic heterocycles. The van der Waals surface area contributed by atoms with E-state index in [4.69, 9.17) is 4.98 Å². The van der Waals surface area contributed by atoms with Gasteiger partial charge in [-0.1, -0.05) is 39.0 Å². The van der Waals surface area contributed by atoms with Crippen LogP contribution in [0.2, 0.25) is 0 Å². The minimum Gasteiger partial charge on any atom is -0.351 e. The molecule has 4 aliphatic rings. The summed E-state index contributed by atoms with van der Waals surface area (Å²) in [5.41, 5.74) is 2.57. The molecule has 1 N–H and O–H groups in total. The van der Waals surface area contributed by atoms with Crippen molar-refractivity contribution in [2.45, 2.75) is 44.7 Å². The Morgan fingerprint density at radius 1 is 0.972 bits per heavy atom. The Hall–Kier alpha value is -2.93. The number of piperazine rings is 1. The van der Waals surface area contributed by atoms with Crippen LogP contribution >= 0.6 is 0 Å². The molecule has 7 nitrogen and oxygen atoms in total. The van der Waals surface area contributed by atoms with Gasteiger partial charge < -0.3 is 15.1 Å². The summed E-state index contributed by atoms with van der Waals surface area (Å²) >= 11 is 0. The van der Waals surface area contributed by atoms with Crippen LogP contribution < -0.4 is 10.2 Å². The summed E-state index contributed by atoms with van der Waals surface area (Å²) in [7, 11) is 2.19. The van der Waals surface area contributed by atoms with Gasteiger partial charge in [-0.05, 0) is 66.5 Å². The number of piperidine rings is 1. The molecule has 4 heterocycles. The predicted octanol–water partition coefficient (Wildman–Crippen LogP) is 3.02. The number of hydrogen-bond acceptors (Lipinski definition) is 5. The molecule has 4 fully saturated rings. The molecular formula is C29H37N5O2. The lowest BCUT2D eigenvalue weighted by Gasteiger charge is -2.32. The fourth-order valence-electron chi connectivity index (χ4n) is 6.57. The monoisotopic (exact) mass is 487 g/mol. The SMILES string of the molecule is CN1CC2CC1CN2c1cccc(C(=O)NCC2C3CN(C(=O)c4ccc(C(C)(C)C)cc4)CC23)n1. The van der Waals surface area contributed by atoms with Gasteiger partial charge in [0.25, 0.3) is 11.8 Å². The van der Waals surface area contributed by atoms with Crippen LogP contribution in [0.4, 0.5) is 5.82 Å². The standard InChI is InChI=1S/C29H37N5O2/c1-29(2,3)19-10-8-18(9-11-19)28(36)33-16-23-22(24(23)17-33)13-30-27(35)25-6-5-7-26(31-25)34-15-20-12-21(34)14-32(20)4/h5-11,20-24H,12-17H2,1-4H3,(H,30,35). The lowest BCUT2D eigenvalue weighted by molar-refractivity contribution is 0.0765. The van der Waals surface area contributed by atoms with Crippen molar-refractivity contribution in [3.8, 4) is 0 Å². The van der Waals surface area contributed by atoms with Crippen LogP contribution in [0.15, 0.2) is 42.5 Å². The van der Waals surface area contributed by atoms with Gasteiger partial charge in [-0.25, -0.2) is 4.98 Å². The second-order valence-corrected chi connectivity index (χ2v) is 12.3. The molecular weight excluding hydrogens is 450 g/mol. The number of rotatable bonds is 5. The van der Waals surface area contributed by atoms with Crippen molar-refractivity contribution in [3.63, 3.8) is 0 Å². The number of likely N-dealkylation sites (tertiary alicyclic amines) is 2. The number of amides is 2. The number of nitrogens with zero attached hydrogens (tertiary/aromatic N) is 4. The van der Waals surface area contributed by atoms with Crippen LogP contribution in [-0.4, -0.2) is 78.5 Å². The van der Waals surface area contributed by atoms with Crippen molar-refractivity contribution in [3.05, 3.63) is 59.3 Å². The fourth-order valence-corrected chi connectivity index (χ4v) is 6.57. The zero-order valence-electron chi connectivity index (χ0n) is 21.8. The summed E-state index contributed by atoms with van der Waals surface area (Å²) in [6, 6.07) is 14.9. The maximum absolute atomic E-state index is 13.0. The van der Waals surface area contributed by atoms with Crippen molar-refractivity contribution in [2.75, 3.05) is 44.7 Å². The number of benzene rings is 1. The van der Waals surface area contributed by atoms with Crippen molar-refractivity contribution in [2.24, 2.45) is 17.8 Å². The summed E-state index contributed by atoms with van der Waals surface area (Å²) in [5.74, 6) is 2.35. The highest BCUT2D eigenvalue weighted by atomic mass is 16.2. The molecule has 2 bridgehead atoms. The maximum atomic E-state index is 13.0. The van der Waals surface area contributed by atoms with Gasteiger partial charge in [0.05, 0.1) is 0 Å². The number of likely N-dealkylation sites (N-methyl/N-ethyl adjacent to an activating group) is 1. The Labute approximate surface area is 213 Å². The molecule has 3 aliphatic heterocycles. The van der Waals surface area contributed by atoms with E-state index in [1.165, 1.54) is 12.0 Å². The number of carbonyl (C=O) groups excluding carboxylic acids is 2. The summed E-state index contributed by atoms with van der Waals surface area (Å²) in [6.07, 6.45) is 1.18. The second kappa shape index (κ2) is 8.58. The van der Waals surface area contributed by atoms with E-state index in [0.717, 1.165) is 37.6 Å². The number of aromatic nitrogens is 1. The van der Waals surface area contributed by atoms with E-state index in [-0.39, 0.29) is 17.2 Å². The highest BCUT2D eigenvalue weighted by Gasteiger charge is 2.56. The number of carbonyl (C=O) groups is 2. The number of pyridine rings is 1. The van der Waals surface area contributed by atoms with Gasteiger partial charge in [0, 0.05) is 50.4 Å². The first-order chi connectivity index (χ1) is 17.2. The summed E-state index contributed by atoms with van der Waals surface area (Å²) in [5, 5.41) is 3.11. The maximum Gasteiger partial charge on any atom is 0.269 e. The van der Waals surface area contributed by atoms with E-state index in [0.29, 0.717) is 42.1 Å². The van der Waals surface area contributed by atoms with E-state index in [1.54, 1.807) is 6.07 Å². The zero-order chi connectivity index (χ0) is 25.2. The molecule has 4 unspecified atom stereocenters. The zero-order valence-corrected chi connectivity index (χ0v) is 21.8. The van der Waals surface area contributed by atoms with Crippen molar-refractivity contribution in [1.82, 2.24) is 20.1 Å². The largest absolute Gasteiger partial charge is 0.351 e. The minimum absolute atomic E-state index is 0.0796. The van der Waals surface area contributed by atoms with Crippen LogP contribution in [-0.2, 0) is 5.41 Å². The lowest BCUT2D eigenvalue weighted by atomic mass is 9.86. The van der Waals surface area contributed by atoms with Crippen molar-refractivity contribution in [1.29, 1.82) is 0 Å². The number of fused-ring (bicyclic) bond motifs is 3. The quantitative estimate of drug-likeness (QED) is 0.702. The Morgan fingerprint density at radius 3 is 2.31 bits per heavy atom. The van der Waals surface area contributed by atoms with E-state index in [9.17, 15) is 9.59 Å². The molecule has 7 heteroatoms. The molecule has 36 heavy (non-hydrogen) atoms. The highest BCUT2D eigenvalue weighted by molar-refractivity contribution is 5.94. The Bertz CT molecular complexity index is 1160. The molecule has 2 aromatic rings. The van der Waals surface area contributed by atoms with Gasteiger partial charge in [-0.2, -0.15) is 0 Å². The molecule has 6 rings (SSSR count). The molecule has 1 aromatic carbocycles. The fraction of sp³-hybridized carbons (Fsp3) is 0.552. The average Bonchev–Trinajstić information content (AvgIpc) is 3.25. The third kappa shape index (κ3) is 4.17. The van der Waals surface area contributed by atoms with Crippen LogP contribution in [0.1, 0.15) is 53.6 Å². The molecule has 0 spiro atoms. The first kappa shape index (κ1) is 23.5. The highest BCUT2D eigenvalue weighted by Crippen LogP contribution is 2.51. The molecule has 3 saturated heterocycles. The summed E-state index contributed by atoms with van der Waals surface area (Å²) < 4.78 is 0. The van der Waals surface area contributed by atoms with Gasteiger partial charge in [-0.15, -0.1) is 0 Å². The van der Waals surface area contributed by atoms with Crippen LogP contribution in [0.25, 0.3) is 0 Å². The number of hydrogen-bond donors (Lipinski definition) is 1. The smallest absolute Gasteiger partial charge is 0.269 e. The Kier molecular flexibility index (Phi) is 5.59. The van der Waals surface area contributed by atoms with Gasteiger partial charge in [-0.3, -0.25) is 14.5 Å². The predicted molar refractivity (Wildman–Crippen MR) is 140 cm³/mol. The Morgan fingerprint density at radius 2 is 1.69 bits per heavy atom. The first-order valence-corrected chi connectivity index (χ1v) is 13.3. The van der Waals surface area contributed by atoms with Gasteiger partial charge in [0.15, 0.2) is 0 Å². The van der Waals surface area contributed by atoms with Crippen LogP contribution in [0.5, 0.6) is 0 Å². The van der Waals surface area contributed by atoms with Gasteiger partial charge in [0.1, 0.15) is 11.5 Å².